The van der Waals surface area contributed by atoms with Crippen molar-refractivity contribution in [2.75, 3.05) is 13.1 Å². The number of sulfonamides is 1. The van der Waals surface area contributed by atoms with E-state index in [-0.39, 0.29) is 17.2 Å². The quantitative estimate of drug-likeness (QED) is 0.406. The van der Waals surface area contributed by atoms with Crippen LogP contribution in [0.4, 0.5) is 5.69 Å². The molecule has 0 bridgehead atoms. The number of aromatic nitrogens is 2. The van der Waals surface area contributed by atoms with E-state index in [4.69, 9.17) is 4.74 Å². The van der Waals surface area contributed by atoms with E-state index in [9.17, 15) is 18.5 Å². The number of imidazole rings is 1. The van der Waals surface area contributed by atoms with Crippen LogP contribution in [-0.4, -0.2) is 40.3 Å². The molecule has 0 amide bonds. The van der Waals surface area contributed by atoms with Gasteiger partial charge in [0.15, 0.2) is 0 Å². The Morgan fingerprint density at radius 2 is 1.81 bits per heavy atom. The number of hydrogen-bond acceptors (Lipinski definition) is 6. The number of fused-ring (bicyclic) bond motifs is 1. The van der Waals surface area contributed by atoms with Crippen molar-refractivity contribution < 1.29 is 18.1 Å². The molecule has 1 saturated heterocycles. The zero-order valence-electron chi connectivity index (χ0n) is 17.2. The smallest absolute Gasteiger partial charge is 0.269 e. The van der Waals surface area contributed by atoms with Gasteiger partial charge in [-0.1, -0.05) is 6.42 Å². The van der Waals surface area contributed by atoms with Gasteiger partial charge in [0.2, 0.25) is 10.0 Å². The van der Waals surface area contributed by atoms with Crippen LogP contribution in [0.15, 0.2) is 47.4 Å². The van der Waals surface area contributed by atoms with E-state index in [1.165, 1.54) is 12.1 Å². The molecule has 1 fully saturated rings. The Balaban J connectivity index is 1.59. The summed E-state index contributed by atoms with van der Waals surface area (Å²) in [5.41, 5.74) is 1.43. The number of non-ortho nitro benzene ring substituents is 1. The highest BCUT2D eigenvalue weighted by Gasteiger charge is 2.26. The van der Waals surface area contributed by atoms with Gasteiger partial charge in [-0.3, -0.25) is 10.1 Å². The second-order valence-electron chi connectivity index (χ2n) is 7.43. The lowest BCUT2D eigenvalue weighted by Gasteiger charge is -2.25. The van der Waals surface area contributed by atoms with Crippen LogP contribution < -0.4 is 4.74 Å². The minimum Gasteiger partial charge on any atom is -0.486 e. The molecule has 2 heterocycles. The first kappa shape index (κ1) is 21.3. The van der Waals surface area contributed by atoms with Crippen LogP contribution in [0.2, 0.25) is 0 Å². The number of ether oxygens (including phenoxy) is 1. The summed E-state index contributed by atoms with van der Waals surface area (Å²) in [6.45, 7) is 3.90. The molecule has 0 radical (unpaired) electrons. The lowest BCUT2D eigenvalue weighted by Crippen LogP contribution is -2.35. The van der Waals surface area contributed by atoms with Crippen molar-refractivity contribution in [3.63, 3.8) is 0 Å². The molecule has 1 aliphatic rings. The molecule has 1 aliphatic heterocycles. The summed E-state index contributed by atoms with van der Waals surface area (Å²) < 4.78 is 35.3. The standard InChI is InChI=1S/C21H24N4O5S/c1-2-24-20-11-10-18(31(28,29)23-12-4-3-5-13-23)14-19(20)22-21(24)15-30-17-8-6-16(7-9-17)25(26)27/h6-11,14H,2-5,12-13,15H2,1H3. The Bertz CT molecular complexity index is 1200. The minimum atomic E-state index is -3.53. The van der Waals surface area contributed by atoms with Gasteiger partial charge in [0, 0.05) is 31.8 Å². The molecule has 0 atom stereocenters. The summed E-state index contributed by atoms with van der Waals surface area (Å²) in [6.07, 6.45) is 2.83. The molecule has 0 aliphatic carbocycles. The summed E-state index contributed by atoms with van der Waals surface area (Å²) in [6, 6.07) is 10.9. The Morgan fingerprint density at radius 3 is 2.45 bits per heavy atom. The molecule has 10 heteroatoms. The Kier molecular flexibility index (Phi) is 5.92. The zero-order valence-corrected chi connectivity index (χ0v) is 18.0. The third-order valence-electron chi connectivity index (χ3n) is 5.48. The molecule has 3 aromatic rings. The Labute approximate surface area is 180 Å². The highest BCUT2D eigenvalue weighted by Crippen LogP contribution is 2.26. The Hall–Kier alpha value is -2.98. The van der Waals surface area contributed by atoms with Crippen molar-refractivity contribution in [2.24, 2.45) is 0 Å². The van der Waals surface area contributed by atoms with E-state index in [2.05, 4.69) is 4.98 Å². The summed E-state index contributed by atoms with van der Waals surface area (Å²) >= 11 is 0. The van der Waals surface area contributed by atoms with Crippen LogP contribution in [-0.2, 0) is 23.2 Å². The minimum absolute atomic E-state index is 0.00408. The number of nitrogens with zero attached hydrogens (tertiary/aromatic N) is 4. The van der Waals surface area contributed by atoms with Gasteiger partial charge >= 0.3 is 0 Å². The van der Waals surface area contributed by atoms with Gasteiger partial charge in [0.1, 0.15) is 18.2 Å². The van der Waals surface area contributed by atoms with E-state index < -0.39 is 14.9 Å². The van der Waals surface area contributed by atoms with Crippen LogP contribution >= 0.6 is 0 Å². The van der Waals surface area contributed by atoms with Crippen LogP contribution in [0.3, 0.4) is 0 Å². The van der Waals surface area contributed by atoms with Crippen molar-refractivity contribution in [1.29, 1.82) is 0 Å². The van der Waals surface area contributed by atoms with Gasteiger partial charge in [0.25, 0.3) is 5.69 Å². The van der Waals surface area contributed by atoms with Crippen molar-refractivity contribution in [3.05, 3.63) is 58.4 Å². The van der Waals surface area contributed by atoms with Crippen LogP contribution in [0.5, 0.6) is 5.75 Å². The van der Waals surface area contributed by atoms with E-state index in [0.29, 0.717) is 36.7 Å². The number of aryl methyl sites for hydroxylation is 1. The molecule has 4 rings (SSSR count). The van der Waals surface area contributed by atoms with Crippen molar-refractivity contribution >= 4 is 26.7 Å². The van der Waals surface area contributed by atoms with E-state index >= 15 is 0 Å². The maximum absolute atomic E-state index is 13.0. The fourth-order valence-corrected chi connectivity index (χ4v) is 5.39. The molecule has 2 aromatic carbocycles. The topological polar surface area (TPSA) is 108 Å². The van der Waals surface area contributed by atoms with E-state index in [1.54, 1.807) is 34.6 Å². The molecule has 0 unspecified atom stereocenters. The van der Waals surface area contributed by atoms with Gasteiger partial charge in [-0.2, -0.15) is 4.31 Å². The van der Waals surface area contributed by atoms with Gasteiger partial charge < -0.3 is 9.30 Å². The first-order valence-electron chi connectivity index (χ1n) is 10.3. The molecule has 164 valence electrons. The largest absolute Gasteiger partial charge is 0.486 e. The van der Waals surface area contributed by atoms with Crippen molar-refractivity contribution in [3.8, 4) is 5.75 Å². The number of hydrogen-bond donors (Lipinski definition) is 0. The lowest BCUT2D eigenvalue weighted by atomic mass is 10.2. The number of nitro benzene ring substituents is 1. The summed E-state index contributed by atoms with van der Waals surface area (Å²) in [5, 5.41) is 10.8. The second-order valence-corrected chi connectivity index (χ2v) is 9.37. The molecule has 1 aromatic heterocycles. The maximum Gasteiger partial charge on any atom is 0.269 e. The van der Waals surface area contributed by atoms with E-state index in [0.717, 1.165) is 24.8 Å². The summed E-state index contributed by atoms with van der Waals surface area (Å²) in [5.74, 6) is 1.15. The maximum atomic E-state index is 13.0. The Morgan fingerprint density at radius 1 is 1.10 bits per heavy atom. The highest BCUT2D eigenvalue weighted by molar-refractivity contribution is 7.89. The highest BCUT2D eigenvalue weighted by atomic mass is 32.2. The van der Waals surface area contributed by atoms with Gasteiger partial charge in [0.05, 0.1) is 20.9 Å². The molecule has 0 saturated carbocycles. The van der Waals surface area contributed by atoms with E-state index in [1.807, 2.05) is 11.5 Å². The summed E-state index contributed by atoms with van der Waals surface area (Å²) in [7, 11) is -3.53. The van der Waals surface area contributed by atoms with Gasteiger partial charge in [-0.15, -0.1) is 0 Å². The van der Waals surface area contributed by atoms with Crippen LogP contribution in [0.1, 0.15) is 32.0 Å². The molecule has 31 heavy (non-hydrogen) atoms. The molecule has 0 spiro atoms. The predicted molar refractivity (Wildman–Crippen MR) is 115 cm³/mol. The molecular weight excluding hydrogens is 420 g/mol. The van der Waals surface area contributed by atoms with Gasteiger partial charge in [-0.25, -0.2) is 13.4 Å². The second kappa shape index (κ2) is 8.64. The average molecular weight is 445 g/mol. The zero-order chi connectivity index (χ0) is 22.0. The summed E-state index contributed by atoms with van der Waals surface area (Å²) in [4.78, 5) is 15.2. The first-order chi connectivity index (χ1) is 14.9. The normalized spacial score (nSPS) is 15.3. The number of rotatable bonds is 7. The third kappa shape index (κ3) is 4.26. The van der Waals surface area contributed by atoms with Crippen molar-refractivity contribution in [2.45, 2.75) is 44.2 Å². The third-order valence-corrected chi connectivity index (χ3v) is 7.38. The lowest BCUT2D eigenvalue weighted by molar-refractivity contribution is -0.384. The number of nitro groups is 1. The van der Waals surface area contributed by atoms with Crippen LogP contribution in [0, 0.1) is 10.1 Å². The first-order valence-corrected chi connectivity index (χ1v) is 11.7. The molecule has 9 nitrogen and oxygen atoms in total. The van der Waals surface area contributed by atoms with Crippen LogP contribution in [0.25, 0.3) is 11.0 Å². The predicted octanol–water partition coefficient (Wildman–Crippen LogP) is 3.72. The fraction of sp³-hybridized carbons (Fsp3) is 0.381. The van der Waals surface area contributed by atoms with Gasteiger partial charge in [-0.05, 0) is 50.1 Å². The number of piperidine rings is 1. The molecular formula is C21H24N4O5S. The SMILES string of the molecule is CCn1c(COc2ccc([N+](=O)[O-])cc2)nc2cc(S(=O)(=O)N3CCCCC3)ccc21. The average Bonchev–Trinajstić information content (AvgIpc) is 3.15. The molecule has 0 N–H and O–H groups in total. The monoisotopic (exact) mass is 444 g/mol. The van der Waals surface area contributed by atoms with Crippen molar-refractivity contribution in [1.82, 2.24) is 13.9 Å². The number of benzene rings is 2. The fourth-order valence-electron chi connectivity index (χ4n) is 3.85.